The predicted molar refractivity (Wildman–Crippen MR) is 114 cm³/mol. The molecule has 1 aliphatic carbocycles. The van der Waals surface area contributed by atoms with Crippen molar-refractivity contribution < 1.29 is 19.2 Å². The van der Waals surface area contributed by atoms with Gasteiger partial charge >= 0.3 is 0 Å². The van der Waals surface area contributed by atoms with Crippen molar-refractivity contribution in [1.82, 2.24) is 15.1 Å². The maximum atomic E-state index is 13.0. The van der Waals surface area contributed by atoms with Crippen LogP contribution in [-0.4, -0.2) is 71.7 Å². The summed E-state index contributed by atoms with van der Waals surface area (Å²) >= 11 is 0. The lowest BCUT2D eigenvalue weighted by atomic mass is 9.94. The van der Waals surface area contributed by atoms with Crippen LogP contribution in [0.2, 0.25) is 0 Å². The van der Waals surface area contributed by atoms with Crippen LogP contribution in [0.25, 0.3) is 0 Å². The topological polar surface area (TPSA) is 90.0 Å². The highest BCUT2D eigenvalue weighted by atomic mass is 16.2. The molecule has 1 aromatic carbocycles. The molecule has 1 saturated carbocycles. The quantitative estimate of drug-likeness (QED) is 0.741. The molecule has 8 nitrogen and oxygen atoms in total. The SMILES string of the molecule is O=C1CCC(N2C(=O)c3ccc(N4CCN(C5CCCCC5)CC4)cc3C2=O)C(=O)N1. The van der Waals surface area contributed by atoms with Crippen LogP contribution < -0.4 is 10.2 Å². The Morgan fingerprint density at radius 2 is 1.52 bits per heavy atom. The van der Waals surface area contributed by atoms with Crippen LogP contribution in [0.5, 0.6) is 0 Å². The highest BCUT2D eigenvalue weighted by Gasteiger charge is 2.44. The third-order valence-corrected chi connectivity index (χ3v) is 7.19. The predicted octanol–water partition coefficient (Wildman–Crippen LogP) is 1.54. The molecule has 1 unspecified atom stereocenters. The number of fused-ring (bicyclic) bond motifs is 1. The van der Waals surface area contributed by atoms with Gasteiger partial charge in [0.05, 0.1) is 11.1 Å². The zero-order valence-corrected chi connectivity index (χ0v) is 17.6. The standard InChI is InChI=1S/C23H28N4O4/c28-20-9-8-19(21(29)24-20)27-22(30)17-7-6-16(14-18(17)23(27)31)26-12-10-25(11-13-26)15-4-2-1-3-5-15/h6-7,14-15,19H,1-5,8-13H2,(H,24,28,29). The summed E-state index contributed by atoms with van der Waals surface area (Å²) in [5.74, 6) is -1.85. The summed E-state index contributed by atoms with van der Waals surface area (Å²) in [6, 6.07) is 5.17. The van der Waals surface area contributed by atoms with Crippen molar-refractivity contribution in [3.8, 4) is 0 Å². The van der Waals surface area contributed by atoms with Crippen molar-refractivity contribution in [3.63, 3.8) is 0 Å². The Morgan fingerprint density at radius 1 is 0.806 bits per heavy atom. The first-order valence-electron chi connectivity index (χ1n) is 11.4. The number of carbonyl (C=O) groups excluding carboxylic acids is 4. The molecule has 0 spiro atoms. The van der Waals surface area contributed by atoms with Crippen LogP contribution in [0.3, 0.4) is 0 Å². The Morgan fingerprint density at radius 3 is 2.23 bits per heavy atom. The fourth-order valence-corrected chi connectivity index (χ4v) is 5.45. The average Bonchev–Trinajstić information content (AvgIpc) is 3.04. The van der Waals surface area contributed by atoms with Crippen LogP contribution >= 0.6 is 0 Å². The van der Waals surface area contributed by atoms with Crippen molar-refractivity contribution in [2.75, 3.05) is 31.1 Å². The highest BCUT2D eigenvalue weighted by Crippen LogP contribution is 2.31. The average molecular weight is 425 g/mol. The molecule has 3 fully saturated rings. The molecular weight excluding hydrogens is 396 g/mol. The van der Waals surface area contributed by atoms with E-state index in [-0.39, 0.29) is 18.7 Å². The first kappa shape index (κ1) is 20.2. The van der Waals surface area contributed by atoms with Gasteiger partial charge in [0.15, 0.2) is 0 Å². The maximum Gasteiger partial charge on any atom is 0.262 e. The fourth-order valence-electron chi connectivity index (χ4n) is 5.45. The number of amides is 4. The molecule has 1 atom stereocenters. The molecule has 1 N–H and O–H groups in total. The molecule has 8 heteroatoms. The van der Waals surface area contributed by atoms with Gasteiger partial charge in [0.1, 0.15) is 6.04 Å². The van der Waals surface area contributed by atoms with E-state index in [9.17, 15) is 19.2 Å². The number of piperazine rings is 1. The summed E-state index contributed by atoms with van der Waals surface area (Å²) in [5, 5.41) is 2.23. The fraction of sp³-hybridized carbons (Fsp3) is 0.565. The van der Waals surface area contributed by atoms with Gasteiger partial charge in [-0.25, -0.2) is 0 Å². The number of nitrogens with one attached hydrogen (secondary N) is 1. The number of piperidine rings is 1. The molecule has 5 rings (SSSR count). The molecule has 4 aliphatic rings. The molecule has 4 amide bonds. The molecule has 0 radical (unpaired) electrons. The summed E-state index contributed by atoms with van der Waals surface area (Å²) in [4.78, 5) is 55.4. The Hall–Kier alpha value is -2.74. The number of anilines is 1. The van der Waals surface area contributed by atoms with Crippen LogP contribution in [0.1, 0.15) is 65.7 Å². The van der Waals surface area contributed by atoms with E-state index in [1.165, 1.54) is 32.1 Å². The number of nitrogens with zero attached hydrogens (tertiary/aromatic N) is 3. The molecule has 1 aromatic rings. The van der Waals surface area contributed by atoms with Crippen LogP contribution in [0.15, 0.2) is 18.2 Å². The van der Waals surface area contributed by atoms with E-state index < -0.39 is 23.8 Å². The van der Waals surface area contributed by atoms with E-state index in [1.807, 2.05) is 6.07 Å². The molecular formula is C23H28N4O4. The van der Waals surface area contributed by atoms with E-state index >= 15 is 0 Å². The van der Waals surface area contributed by atoms with Crippen LogP contribution in [-0.2, 0) is 9.59 Å². The minimum absolute atomic E-state index is 0.125. The zero-order chi connectivity index (χ0) is 21.5. The number of carbonyl (C=O) groups is 4. The molecule has 0 bridgehead atoms. The first-order valence-corrected chi connectivity index (χ1v) is 11.4. The van der Waals surface area contributed by atoms with Gasteiger partial charge in [-0.05, 0) is 37.5 Å². The second-order valence-electron chi connectivity index (χ2n) is 8.99. The Bertz CT molecular complexity index is 932. The second-order valence-corrected chi connectivity index (χ2v) is 8.99. The van der Waals surface area contributed by atoms with E-state index in [0.29, 0.717) is 17.2 Å². The van der Waals surface area contributed by atoms with Gasteiger partial charge in [-0.1, -0.05) is 19.3 Å². The van der Waals surface area contributed by atoms with Gasteiger partial charge in [-0.15, -0.1) is 0 Å². The van der Waals surface area contributed by atoms with Gasteiger partial charge in [0.25, 0.3) is 11.8 Å². The van der Waals surface area contributed by atoms with Crippen LogP contribution in [0.4, 0.5) is 5.69 Å². The summed E-state index contributed by atoms with van der Waals surface area (Å²) < 4.78 is 0. The zero-order valence-electron chi connectivity index (χ0n) is 17.6. The second kappa shape index (κ2) is 8.07. The number of imide groups is 2. The summed E-state index contributed by atoms with van der Waals surface area (Å²) in [7, 11) is 0. The van der Waals surface area contributed by atoms with E-state index in [2.05, 4.69) is 15.1 Å². The van der Waals surface area contributed by atoms with Crippen molar-refractivity contribution in [2.24, 2.45) is 0 Å². The monoisotopic (exact) mass is 424 g/mol. The lowest BCUT2D eigenvalue weighted by molar-refractivity contribution is -0.136. The van der Waals surface area contributed by atoms with E-state index in [0.717, 1.165) is 36.8 Å². The number of hydrogen-bond acceptors (Lipinski definition) is 6. The van der Waals surface area contributed by atoms with Gasteiger partial charge in [0.2, 0.25) is 11.8 Å². The van der Waals surface area contributed by atoms with Gasteiger partial charge in [-0.2, -0.15) is 0 Å². The molecule has 3 aliphatic heterocycles. The summed E-state index contributed by atoms with van der Waals surface area (Å²) in [5.41, 5.74) is 1.62. The van der Waals surface area contributed by atoms with Crippen molar-refractivity contribution in [3.05, 3.63) is 29.3 Å². The van der Waals surface area contributed by atoms with Gasteiger partial charge in [0, 0.05) is 44.3 Å². The number of hydrogen-bond donors (Lipinski definition) is 1. The molecule has 0 aromatic heterocycles. The molecule has 3 heterocycles. The van der Waals surface area contributed by atoms with Crippen molar-refractivity contribution in [2.45, 2.75) is 57.0 Å². The van der Waals surface area contributed by atoms with Crippen molar-refractivity contribution >= 4 is 29.3 Å². The third-order valence-electron chi connectivity index (χ3n) is 7.19. The smallest absolute Gasteiger partial charge is 0.262 e. The summed E-state index contributed by atoms with van der Waals surface area (Å²) in [6.45, 7) is 3.82. The highest BCUT2D eigenvalue weighted by molar-refractivity contribution is 6.23. The lowest BCUT2D eigenvalue weighted by Gasteiger charge is -2.41. The van der Waals surface area contributed by atoms with E-state index in [4.69, 9.17) is 0 Å². The molecule has 164 valence electrons. The minimum Gasteiger partial charge on any atom is -0.369 e. The molecule has 31 heavy (non-hydrogen) atoms. The Labute approximate surface area is 181 Å². The maximum absolute atomic E-state index is 13.0. The van der Waals surface area contributed by atoms with Crippen molar-refractivity contribution in [1.29, 1.82) is 0 Å². The Kier molecular flexibility index (Phi) is 5.25. The number of benzene rings is 1. The largest absolute Gasteiger partial charge is 0.369 e. The molecule has 2 saturated heterocycles. The van der Waals surface area contributed by atoms with Crippen LogP contribution in [0, 0.1) is 0 Å². The normalized spacial score (nSPS) is 25.7. The first-order chi connectivity index (χ1) is 15.0. The van der Waals surface area contributed by atoms with Gasteiger partial charge in [-0.3, -0.25) is 34.3 Å². The summed E-state index contributed by atoms with van der Waals surface area (Å²) in [6.07, 6.45) is 6.91. The third kappa shape index (κ3) is 3.63. The van der Waals surface area contributed by atoms with E-state index in [1.54, 1.807) is 12.1 Å². The van der Waals surface area contributed by atoms with Gasteiger partial charge < -0.3 is 4.90 Å². The Balaban J connectivity index is 1.29. The lowest BCUT2D eigenvalue weighted by Crippen LogP contribution is -2.54. The minimum atomic E-state index is -0.924. The number of rotatable bonds is 3.